The van der Waals surface area contributed by atoms with Crippen LogP contribution in [0.2, 0.25) is 0 Å². The summed E-state index contributed by atoms with van der Waals surface area (Å²) in [6.45, 7) is 3.61. The van der Waals surface area contributed by atoms with E-state index in [1.807, 2.05) is 60.7 Å². The van der Waals surface area contributed by atoms with Crippen LogP contribution in [0.25, 0.3) is 0 Å². The molecular weight excluding hydrogens is 340 g/mol. The van der Waals surface area contributed by atoms with E-state index in [1.54, 1.807) is 13.8 Å². The Morgan fingerprint density at radius 3 is 1.38 bits per heavy atom. The molecule has 2 N–H and O–H groups in total. The van der Waals surface area contributed by atoms with Gasteiger partial charge in [-0.1, -0.05) is 36.4 Å². The summed E-state index contributed by atoms with van der Waals surface area (Å²) in [6, 6.07) is 19.4. The molecule has 0 fully saturated rings. The highest BCUT2D eigenvalue weighted by Gasteiger charge is 2.18. The largest absolute Gasteiger partial charge is 0.272 e. The molecule has 126 valence electrons. The van der Waals surface area contributed by atoms with Gasteiger partial charge in [0.25, 0.3) is 11.8 Å². The Morgan fingerprint density at radius 1 is 0.708 bits per heavy atom. The fourth-order valence-electron chi connectivity index (χ4n) is 1.84. The number of amides is 2. The van der Waals surface area contributed by atoms with E-state index in [1.165, 1.54) is 23.5 Å². The number of hydrogen-bond donors (Lipinski definition) is 2. The molecule has 0 aliphatic heterocycles. The summed E-state index contributed by atoms with van der Waals surface area (Å²) in [5.74, 6) is -0.455. The number of thioether (sulfide) groups is 2. The molecule has 2 aromatic rings. The smallest absolute Gasteiger partial charge is 0.251 e. The summed E-state index contributed by atoms with van der Waals surface area (Å²) in [5.41, 5.74) is 4.99. The van der Waals surface area contributed by atoms with Crippen molar-refractivity contribution in [2.45, 2.75) is 34.1 Å². The average Bonchev–Trinajstić information content (AvgIpc) is 2.61. The molecule has 0 aliphatic carbocycles. The molecule has 6 heteroatoms. The number of rotatable bonds is 6. The van der Waals surface area contributed by atoms with E-state index < -0.39 is 0 Å². The lowest BCUT2D eigenvalue weighted by Gasteiger charge is -2.15. The molecule has 2 amide bonds. The maximum Gasteiger partial charge on any atom is 0.251 e. The van der Waals surface area contributed by atoms with Gasteiger partial charge in [0.15, 0.2) is 0 Å². The second kappa shape index (κ2) is 9.39. The molecule has 2 atom stereocenters. The fourth-order valence-corrected chi connectivity index (χ4v) is 3.62. The van der Waals surface area contributed by atoms with Crippen LogP contribution in [0.1, 0.15) is 13.8 Å². The third-order valence-electron chi connectivity index (χ3n) is 3.16. The van der Waals surface area contributed by atoms with Crippen molar-refractivity contribution in [2.24, 2.45) is 0 Å². The second-order valence-electron chi connectivity index (χ2n) is 5.12. The van der Waals surface area contributed by atoms with Crippen molar-refractivity contribution in [3.63, 3.8) is 0 Å². The van der Waals surface area contributed by atoms with Crippen LogP contribution in [0.4, 0.5) is 0 Å². The molecule has 0 aromatic heterocycles. The van der Waals surface area contributed by atoms with Crippen LogP contribution in [-0.4, -0.2) is 22.3 Å². The molecule has 0 bridgehead atoms. The molecule has 0 saturated heterocycles. The molecule has 0 saturated carbocycles. The lowest BCUT2D eigenvalue weighted by molar-refractivity contribution is -0.128. The Kier molecular flexibility index (Phi) is 7.21. The third kappa shape index (κ3) is 5.94. The van der Waals surface area contributed by atoms with Crippen molar-refractivity contribution in [3.05, 3.63) is 60.7 Å². The lowest BCUT2D eigenvalue weighted by Crippen LogP contribution is -2.47. The van der Waals surface area contributed by atoms with Crippen molar-refractivity contribution >= 4 is 35.3 Å². The number of hydrogen-bond acceptors (Lipinski definition) is 4. The molecule has 24 heavy (non-hydrogen) atoms. The molecule has 0 unspecified atom stereocenters. The van der Waals surface area contributed by atoms with Crippen LogP contribution in [0, 0.1) is 0 Å². The number of carbonyl (C=O) groups is 2. The first-order valence-electron chi connectivity index (χ1n) is 7.59. The Hall–Kier alpha value is -1.92. The highest BCUT2D eigenvalue weighted by Crippen LogP contribution is 2.23. The van der Waals surface area contributed by atoms with Crippen LogP contribution < -0.4 is 10.9 Å². The molecule has 2 rings (SSSR count). The second-order valence-corrected chi connectivity index (χ2v) is 7.95. The van der Waals surface area contributed by atoms with Crippen LogP contribution >= 0.6 is 23.5 Å². The van der Waals surface area contributed by atoms with Crippen molar-refractivity contribution in [3.8, 4) is 0 Å². The van der Waals surface area contributed by atoms with Crippen LogP contribution in [0.3, 0.4) is 0 Å². The van der Waals surface area contributed by atoms with Crippen LogP contribution in [0.15, 0.2) is 70.5 Å². The molecule has 0 radical (unpaired) electrons. The Labute approximate surface area is 150 Å². The zero-order chi connectivity index (χ0) is 17.4. The summed E-state index contributed by atoms with van der Waals surface area (Å²) in [4.78, 5) is 26.2. The quantitative estimate of drug-likeness (QED) is 0.611. The first-order chi connectivity index (χ1) is 11.6. The van der Waals surface area contributed by atoms with Gasteiger partial charge in [0, 0.05) is 9.79 Å². The van der Waals surface area contributed by atoms with E-state index in [0.717, 1.165) is 9.79 Å². The summed E-state index contributed by atoms with van der Waals surface area (Å²) in [6.07, 6.45) is 0. The minimum atomic E-state index is -0.301. The molecule has 0 aliphatic rings. The van der Waals surface area contributed by atoms with Gasteiger partial charge in [-0.3, -0.25) is 20.4 Å². The van der Waals surface area contributed by atoms with Crippen molar-refractivity contribution in [1.29, 1.82) is 0 Å². The first kappa shape index (κ1) is 18.4. The molecule has 2 aromatic carbocycles. The minimum Gasteiger partial charge on any atom is -0.272 e. The normalized spacial score (nSPS) is 12.9. The van der Waals surface area contributed by atoms with Crippen LogP contribution in [-0.2, 0) is 9.59 Å². The van der Waals surface area contributed by atoms with Gasteiger partial charge < -0.3 is 0 Å². The number of hydrazine groups is 1. The Morgan fingerprint density at radius 2 is 1.04 bits per heavy atom. The SMILES string of the molecule is C[C@@H](Sc1ccccc1)C(=O)NNC(=O)[C@@H](C)Sc1ccccc1. The molecule has 0 spiro atoms. The van der Waals surface area contributed by atoms with E-state index in [9.17, 15) is 9.59 Å². The topological polar surface area (TPSA) is 58.2 Å². The van der Waals surface area contributed by atoms with E-state index in [-0.39, 0.29) is 22.3 Å². The average molecular weight is 361 g/mol. The predicted molar refractivity (Wildman–Crippen MR) is 99.8 cm³/mol. The van der Waals surface area contributed by atoms with Gasteiger partial charge >= 0.3 is 0 Å². The first-order valence-corrected chi connectivity index (χ1v) is 9.35. The summed E-state index contributed by atoms with van der Waals surface area (Å²) < 4.78 is 0. The summed E-state index contributed by atoms with van der Waals surface area (Å²) in [7, 11) is 0. The molecular formula is C18H20N2O2S2. The van der Waals surface area contributed by atoms with Crippen molar-refractivity contribution < 1.29 is 9.59 Å². The Bertz CT molecular complexity index is 606. The van der Waals surface area contributed by atoms with Gasteiger partial charge in [-0.25, -0.2) is 0 Å². The van der Waals surface area contributed by atoms with Gasteiger partial charge in [-0.15, -0.1) is 23.5 Å². The van der Waals surface area contributed by atoms with Gasteiger partial charge in [-0.2, -0.15) is 0 Å². The van der Waals surface area contributed by atoms with Gasteiger partial charge in [0.05, 0.1) is 10.5 Å². The van der Waals surface area contributed by atoms with E-state index >= 15 is 0 Å². The zero-order valence-electron chi connectivity index (χ0n) is 13.6. The zero-order valence-corrected chi connectivity index (χ0v) is 15.2. The number of carbonyl (C=O) groups excluding carboxylic acids is 2. The van der Waals surface area contributed by atoms with Crippen molar-refractivity contribution in [1.82, 2.24) is 10.9 Å². The summed E-state index contributed by atoms with van der Waals surface area (Å²) in [5, 5.41) is -0.602. The monoisotopic (exact) mass is 360 g/mol. The van der Waals surface area contributed by atoms with Crippen LogP contribution in [0.5, 0.6) is 0 Å². The van der Waals surface area contributed by atoms with Gasteiger partial charge in [0.1, 0.15) is 0 Å². The highest BCUT2D eigenvalue weighted by molar-refractivity contribution is 8.00. The predicted octanol–water partition coefficient (Wildman–Crippen LogP) is 3.50. The van der Waals surface area contributed by atoms with E-state index in [2.05, 4.69) is 10.9 Å². The third-order valence-corrected chi connectivity index (χ3v) is 5.38. The minimum absolute atomic E-state index is 0.228. The maximum atomic E-state index is 12.1. The fraction of sp³-hybridized carbons (Fsp3) is 0.222. The number of benzene rings is 2. The summed E-state index contributed by atoms with van der Waals surface area (Å²) >= 11 is 2.89. The van der Waals surface area contributed by atoms with Gasteiger partial charge in [0.2, 0.25) is 0 Å². The van der Waals surface area contributed by atoms with Gasteiger partial charge in [-0.05, 0) is 38.1 Å². The standard InChI is InChI=1S/C18H20N2O2S2/c1-13(23-15-9-5-3-6-10-15)17(21)19-20-18(22)14(2)24-16-11-7-4-8-12-16/h3-14H,1-2H3,(H,19,21)(H,20,22)/t13-,14-/m1/s1. The Balaban J connectivity index is 1.77. The molecule has 0 heterocycles. The maximum absolute atomic E-state index is 12.1. The highest BCUT2D eigenvalue weighted by atomic mass is 32.2. The molecule has 4 nitrogen and oxygen atoms in total. The number of nitrogens with one attached hydrogen (secondary N) is 2. The van der Waals surface area contributed by atoms with E-state index in [4.69, 9.17) is 0 Å². The van der Waals surface area contributed by atoms with Crippen molar-refractivity contribution in [2.75, 3.05) is 0 Å². The van der Waals surface area contributed by atoms with E-state index in [0.29, 0.717) is 0 Å². The lowest BCUT2D eigenvalue weighted by atomic mass is 10.4.